The summed E-state index contributed by atoms with van der Waals surface area (Å²) < 4.78 is 5.52. The molecule has 0 radical (unpaired) electrons. The van der Waals surface area contributed by atoms with Crippen LogP contribution in [0.2, 0.25) is 0 Å². The van der Waals surface area contributed by atoms with E-state index in [0.717, 1.165) is 6.54 Å². The molecular formula is C13H23N5O. The van der Waals surface area contributed by atoms with Crippen LogP contribution in [-0.4, -0.2) is 33.6 Å². The first-order chi connectivity index (χ1) is 8.95. The number of nitrogens with zero attached hydrogens (tertiary/aromatic N) is 4. The number of nitrogens with two attached hydrogens (primary N) is 1. The molecule has 1 aliphatic rings. The highest BCUT2D eigenvalue weighted by atomic mass is 16.5. The van der Waals surface area contributed by atoms with Gasteiger partial charge in [-0.05, 0) is 32.6 Å². The van der Waals surface area contributed by atoms with Crippen LogP contribution < -0.4 is 15.4 Å². The van der Waals surface area contributed by atoms with Crippen LogP contribution in [0.5, 0.6) is 6.01 Å². The minimum Gasteiger partial charge on any atom is -0.461 e. The van der Waals surface area contributed by atoms with E-state index < -0.39 is 0 Å². The number of aromatic nitrogens is 3. The molecule has 1 aromatic rings. The maximum absolute atomic E-state index is 5.76. The normalized spacial score (nSPS) is 15.1. The zero-order chi connectivity index (χ0) is 14.0. The standard InChI is InChI=1S/C13H23N5O/c1-8(2)7-18(10-5-6-10)12-15-11(14)16-13(17-12)19-9(3)4/h8-10H,5-7H2,1-4H3,(H2,14,15,16,17). The third-order valence-corrected chi connectivity index (χ3v) is 2.77. The van der Waals surface area contributed by atoms with Crippen molar-refractivity contribution >= 4 is 11.9 Å². The molecule has 0 atom stereocenters. The van der Waals surface area contributed by atoms with Gasteiger partial charge in [0.25, 0.3) is 0 Å². The number of anilines is 2. The van der Waals surface area contributed by atoms with Gasteiger partial charge in [0.15, 0.2) is 0 Å². The van der Waals surface area contributed by atoms with E-state index in [0.29, 0.717) is 23.9 Å². The number of ether oxygens (including phenoxy) is 1. The van der Waals surface area contributed by atoms with Gasteiger partial charge in [0.2, 0.25) is 11.9 Å². The molecule has 0 amide bonds. The third-order valence-electron chi connectivity index (χ3n) is 2.77. The molecule has 106 valence electrons. The predicted molar refractivity (Wildman–Crippen MR) is 75.2 cm³/mol. The number of hydrogen-bond donors (Lipinski definition) is 1. The molecule has 2 N–H and O–H groups in total. The molecule has 0 saturated heterocycles. The first kappa shape index (κ1) is 13.8. The Kier molecular flexibility index (Phi) is 4.07. The van der Waals surface area contributed by atoms with Gasteiger partial charge in [0.05, 0.1) is 6.10 Å². The number of hydrogen-bond acceptors (Lipinski definition) is 6. The van der Waals surface area contributed by atoms with Crippen molar-refractivity contribution in [3.05, 3.63) is 0 Å². The highest BCUT2D eigenvalue weighted by Gasteiger charge is 2.31. The molecule has 0 spiro atoms. The Bertz CT molecular complexity index is 431. The van der Waals surface area contributed by atoms with Crippen LogP contribution >= 0.6 is 0 Å². The summed E-state index contributed by atoms with van der Waals surface area (Å²) >= 11 is 0. The largest absolute Gasteiger partial charge is 0.461 e. The summed E-state index contributed by atoms with van der Waals surface area (Å²) in [6.45, 7) is 9.17. The highest BCUT2D eigenvalue weighted by Crippen LogP contribution is 2.31. The zero-order valence-electron chi connectivity index (χ0n) is 12.1. The van der Waals surface area contributed by atoms with E-state index in [-0.39, 0.29) is 12.1 Å². The minimum absolute atomic E-state index is 0.0223. The third kappa shape index (κ3) is 3.94. The van der Waals surface area contributed by atoms with Gasteiger partial charge in [-0.15, -0.1) is 0 Å². The minimum atomic E-state index is 0.0223. The summed E-state index contributed by atoms with van der Waals surface area (Å²) in [6.07, 6.45) is 2.41. The van der Waals surface area contributed by atoms with Crippen molar-refractivity contribution in [1.82, 2.24) is 15.0 Å². The second-order valence-corrected chi connectivity index (χ2v) is 5.72. The average molecular weight is 265 g/mol. The van der Waals surface area contributed by atoms with Crippen LogP contribution in [0.4, 0.5) is 11.9 Å². The van der Waals surface area contributed by atoms with Gasteiger partial charge in [-0.25, -0.2) is 0 Å². The van der Waals surface area contributed by atoms with E-state index in [9.17, 15) is 0 Å². The summed E-state index contributed by atoms with van der Waals surface area (Å²) in [5.41, 5.74) is 5.76. The Morgan fingerprint density at radius 1 is 1.21 bits per heavy atom. The summed E-state index contributed by atoms with van der Waals surface area (Å²) in [6, 6.07) is 0.850. The lowest BCUT2D eigenvalue weighted by Gasteiger charge is -2.24. The Balaban J connectivity index is 2.23. The van der Waals surface area contributed by atoms with Gasteiger partial charge in [-0.1, -0.05) is 13.8 Å². The molecule has 0 aliphatic heterocycles. The van der Waals surface area contributed by atoms with Crippen molar-refractivity contribution in [1.29, 1.82) is 0 Å². The Morgan fingerprint density at radius 3 is 2.42 bits per heavy atom. The molecule has 2 rings (SSSR count). The fourth-order valence-corrected chi connectivity index (χ4v) is 1.93. The summed E-state index contributed by atoms with van der Waals surface area (Å²) in [7, 11) is 0. The zero-order valence-corrected chi connectivity index (χ0v) is 12.1. The molecule has 6 nitrogen and oxygen atoms in total. The molecule has 6 heteroatoms. The molecule has 0 bridgehead atoms. The van der Waals surface area contributed by atoms with Gasteiger partial charge >= 0.3 is 6.01 Å². The Morgan fingerprint density at radius 2 is 1.89 bits per heavy atom. The molecule has 1 aliphatic carbocycles. The topological polar surface area (TPSA) is 77.2 Å². The smallest absolute Gasteiger partial charge is 0.323 e. The van der Waals surface area contributed by atoms with Gasteiger partial charge in [-0.2, -0.15) is 15.0 Å². The van der Waals surface area contributed by atoms with E-state index in [1.165, 1.54) is 12.8 Å². The van der Waals surface area contributed by atoms with E-state index in [1.54, 1.807) is 0 Å². The fourth-order valence-electron chi connectivity index (χ4n) is 1.93. The van der Waals surface area contributed by atoms with Crippen molar-refractivity contribution in [3.63, 3.8) is 0 Å². The lowest BCUT2D eigenvalue weighted by molar-refractivity contribution is 0.222. The van der Waals surface area contributed by atoms with Crippen LogP contribution in [0.3, 0.4) is 0 Å². The monoisotopic (exact) mass is 265 g/mol. The van der Waals surface area contributed by atoms with E-state index in [4.69, 9.17) is 10.5 Å². The maximum atomic E-state index is 5.76. The number of nitrogen functional groups attached to an aromatic ring is 1. The molecular weight excluding hydrogens is 242 g/mol. The van der Waals surface area contributed by atoms with E-state index in [1.807, 2.05) is 13.8 Å². The summed E-state index contributed by atoms with van der Waals surface area (Å²) in [4.78, 5) is 14.9. The Hall–Kier alpha value is -1.59. The van der Waals surface area contributed by atoms with Crippen LogP contribution in [-0.2, 0) is 0 Å². The maximum Gasteiger partial charge on any atom is 0.323 e. The van der Waals surface area contributed by atoms with Crippen molar-refractivity contribution < 1.29 is 4.74 Å². The van der Waals surface area contributed by atoms with Crippen molar-refractivity contribution in [2.45, 2.75) is 52.7 Å². The second kappa shape index (κ2) is 5.59. The van der Waals surface area contributed by atoms with Crippen molar-refractivity contribution in [3.8, 4) is 6.01 Å². The lowest BCUT2D eigenvalue weighted by atomic mass is 10.2. The molecule has 1 saturated carbocycles. The second-order valence-electron chi connectivity index (χ2n) is 5.72. The predicted octanol–water partition coefficient (Wildman–Crippen LogP) is 1.87. The molecule has 1 fully saturated rings. The lowest BCUT2D eigenvalue weighted by Crippen LogP contribution is -2.32. The molecule has 0 unspecified atom stereocenters. The number of rotatable bonds is 6. The van der Waals surface area contributed by atoms with Crippen LogP contribution in [0.15, 0.2) is 0 Å². The molecule has 19 heavy (non-hydrogen) atoms. The van der Waals surface area contributed by atoms with E-state index in [2.05, 4.69) is 33.7 Å². The Labute approximate surface area is 114 Å². The first-order valence-corrected chi connectivity index (χ1v) is 6.90. The van der Waals surface area contributed by atoms with Crippen LogP contribution in [0.25, 0.3) is 0 Å². The van der Waals surface area contributed by atoms with Crippen LogP contribution in [0, 0.1) is 5.92 Å². The van der Waals surface area contributed by atoms with E-state index >= 15 is 0 Å². The SMILES string of the molecule is CC(C)CN(c1nc(N)nc(OC(C)C)n1)C1CC1. The van der Waals surface area contributed by atoms with Gasteiger partial charge in [-0.3, -0.25) is 0 Å². The van der Waals surface area contributed by atoms with Crippen LogP contribution in [0.1, 0.15) is 40.5 Å². The quantitative estimate of drug-likeness (QED) is 0.846. The average Bonchev–Trinajstić information content (AvgIpc) is 3.07. The van der Waals surface area contributed by atoms with Crippen molar-refractivity contribution in [2.24, 2.45) is 5.92 Å². The molecule has 0 aromatic carbocycles. The molecule has 1 heterocycles. The fraction of sp³-hybridized carbons (Fsp3) is 0.769. The van der Waals surface area contributed by atoms with Crippen molar-refractivity contribution in [2.75, 3.05) is 17.2 Å². The molecule has 1 aromatic heterocycles. The first-order valence-electron chi connectivity index (χ1n) is 6.90. The highest BCUT2D eigenvalue weighted by molar-refractivity contribution is 5.39. The van der Waals surface area contributed by atoms with Gasteiger partial charge in [0.1, 0.15) is 0 Å². The van der Waals surface area contributed by atoms with Gasteiger partial charge < -0.3 is 15.4 Å². The summed E-state index contributed by atoms with van der Waals surface area (Å²) in [5, 5.41) is 0. The summed E-state index contributed by atoms with van der Waals surface area (Å²) in [5.74, 6) is 1.41. The van der Waals surface area contributed by atoms with Gasteiger partial charge in [0, 0.05) is 12.6 Å².